The Kier molecular flexibility index (Phi) is 6.67. The van der Waals surface area contributed by atoms with E-state index in [1.165, 1.54) is 23.6 Å². The van der Waals surface area contributed by atoms with Gasteiger partial charge in [-0.3, -0.25) is 0 Å². The van der Waals surface area contributed by atoms with E-state index in [1.807, 2.05) is 35.2 Å². The summed E-state index contributed by atoms with van der Waals surface area (Å²) in [5.74, 6) is 1.16. The zero-order valence-corrected chi connectivity index (χ0v) is 17.7. The normalized spacial score (nSPS) is 17.5. The first-order valence-corrected chi connectivity index (χ1v) is 10.6. The molecule has 160 valence electrons. The molecule has 1 aliphatic heterocycles. The molecule has 31 heavy (non-hydrogen) atoms. The minimum absolute atomic E-state index is 0.122. The third-order valence-electron chi connectivity index (χ3n) is 5.48. The molecule has 4 rings (SSSR count). The number of amides is 2. The summed E-state index contributed by atoms with van der Waals surface area (Å²) in [6, 6.07) is 18.4. The van der Waals surface area contributed by atoms with Crippen LogP contribution in [0.15, 0.2) is 77.2 Å². The van der Waals surface area contributed by atoms with Crippen LogP contribution in [0.1, 0.15) is 24.5 Å². The molecule has 1 aliphatic rings. The lowest BCUT2D eigenvalue weighted by atomic mass is 9.91. The predicted molar refractivity (Wildman–Crippen MR) is 121 cm³/mol. The molecule has 1 atom stereocenters. The molecule has 1 aromatic heterocycles. The standard InChI is InChI=1S/C25H27N3O3/c1-19-17-28(25(29)27-23-16-26-31-18-23)12-10-22(19)14-21-8-5-9-24(15-21)30-13-11-20-6-3-2-4-7-20/h2-9,14-16,18-19H,10-13,17H2,1H3,(H,27,29)/b22-14+. The Morgan fingerprint density at radius 2 is 2.13 bits per heavy atom. The number of anilines is 1. The molecule has 6 heteroatoms. The minimum atomic E-state index is -0.122. The average Bonchev–Trinajstić information content (AvgIpc) is 3.29. The minimum Gasteiger partial charge on any atom is -0.493 e. The van der Waals surface area contributed by atoms with Crippen molar-refractivity contribution in [3.63, 3.8) is 0 Å². The molecule has 1 saturated heterocycles. The molecule has 6 nitrogen and oxygen atoms in total. The van der Waals surface area contributed by atoms with Crippen LogP contribution in [0.2, 0.25) is 0 Å². The first-order chi connectivity index (χ1) is 15.2. The van der Waals surface area contributed by atoms with Crippen LogP contribution in [0.4, 0.5) is 10.5 Å². The van der Waals surface area contributed by atoms with Crippen LogP contribution in [0, 0.1) is 5.92 Å². The summed E-state index contributed by atoms with van der Waals surface area (Å²) >= 11 is 0. The van der Waals surface area contributed by atoms with Gasteiger partial charge in [-0.2, -0.15) is 0 Å². The lowest BCUT2D eigenvalue weighted by Gasteiger charge is -2.33. The Labute approximate surface area is 182 Å². The van der Waals surface area contributed by atoms with Gasteiger partial charge in [0.25, 0.3) is 0 Å². The van der Waals surface area contributed by atoms with E-state index in [0.29, 0.717) is 25.4 Å². The summed E-state index contributed by atoms with van der Waals surface area (Å²) in [7, 11) is 0. The molecule has 0 radical (unpaired) electrons. The second-order valence-electron chi connectivity index (χ2n) is 7.82. The lowest BCUT2D eigenvalue weighted by Crippen LogP contribution is -2.42. The quantitative estimate of drug-likeness (QED) is 0.595. The number of nitrogens with zero attached hydrogens (tertiary/aromatic N) is 2. The monoisotopic (exact) mass is 417 g/mol. The number of likely N-dealkylation sites (tertiary alicyclic amines) is 1. The number of rotatable bonds is 6. The smallest absolute Gasteiger partial charge is 0.322 e. The van der Waals surface area contributed by atoms with Gasteiger partial charge in [0.05, 0.1) is 12.8 Å². The van der Waals surface area contributed by atoms with Gasteiger partial charge in [0.2, 0.25) is 0 Å². The number of hydrogen-bond acceptors (Lipinski definition) is 4. The number of carbonyl (C=O) groups excluding carboxylic acids is 1. The highest BCUT2D eigenvalue weighted by Gasteiger charge is 2.24. The summed E-state index contributed by atoms with van der Waals surface area (Å²) in [5, 5.41) is 6.42. The van der Waals surface area contributed by atoms with Gasteiger partial charge in [0.1, 0.15) is 17.7 Å². The van der Waals surface area contributed by atoms with E-state index in [1.54, 1.807) is 0 Å². The molecule has 1 unspecified atom stereocenters. The van der Waals surface area contributed by atoms with Crippen molar-refractivity contribution in [1.82, 2.24) is 10.1 Å². The summed E-state index contributed by atoms with van der Waals surface area (Å²) < 4.78 is 10.7. The van der Waals surface area contributed by atoms with Crippen LogP contribution in [-0.4, -0.2) is 35.8 Å². The maximum absolute atomic E-state index is 12.4. The number of hydrogen-bond donors (Lipinski definition) is 1. The van der Waals surface area contributed by atoms with Crippen molar-refractivity contribution in [2.24, 2.45) is 5.92 Å². The topological polar surface area (TPSA) is 67.6 Å². The number of piperidine rings is 1. The molecule has 0 saturated carbocycles. The highest BCUT2D eigenvalue weighted by molar-refractivity contribution is 5.89. The summed E-state index contributed by atoms with van der Waals surface area (Å²) in [4.78, 5) is 14.3. The first-order valence-electron chi connectivity index (χ1n) is 10.6. The van der Waals surface area contributed by atoms with E-state index in [-0.39, 0.29) is 11.9 Å². The summed E-state index contributed by atoms with van der Waals surface area (Å²) in [6.07, 6.45) is 6.87. The maximum atomic E-state index is 12.4. The van der Waals surface area contributed by atoms with E-state index in [9.17, 15) is 4.79 Å². The van der Waals surface area contributed by atoms with Crippen LogP contribution < -0.4 is 10.1 Å². The maximum Gasteiger partial charge on any atom is 0.322 e. The largest absolute Gasteiger partial charge is 0.493 e. The number of ether oxygens (including phenoxy) is 1. The van der Waals surface area contributed by atoms with Crippen molar-refractivity contribution in [2.45, 2.75) is 19.8 Å². The molecule has 0 aliphatic carbocycles. The van der Waals surface area contributed by atoms with Crippen LogP contribution >= 0.6 is 0 Å². The molecule has 0 spiro atoms. The molecule has 3 aromatic rings. The fraction of sp³-hybridized carbons (Fsp3) is 0.280. The van der Waals surface area contributed by atoms with Crippen molar-refractivity contribution in [1.29, 1.82) is 0 Å². The van der Waals surface area contributed by atoms with E-state index >= 15 is 0 Å². The second kappa shape index (κ2) is 9.98. The predicted octanol–water partition coefficient (Wildman–Crippen LogP) is 5.25. The zero-order valence-electron chi connectivity index (χ0n) is 17.7. The van der Waals surface area contributed by atoms with Crippen LogP contribution in [0.25, 0.3) is 6.08 Å². The van der Waals surface area contributed by atoms with Crippen molar-refractivity contribution in [3.05, 3.63) is 83.8 Å². The molecule has 1 N–H and O–H groups in total. The van der Waals surface area contributed by atoms with E-state index in [0.717, 1.165) is 24.2 Å². The number of urea groups is 1. The SMILES string of the molecule is CC1CN(C(=O)Nc2cnoc2)CC/C1=C\c1cccc(OCCc2ccccc2)c1. The van der Waals surface area contributed by atoms with Crippen molar-refractivity contribution >= 4 is 17.8 Å². The van der Waals surface area contributed by atoms with Crippen LogP contribution in [0.3, 0.4) is 0 Å². The van der Waals surface area contributed by atoms with Crippen molar-refractivity contribution < 1.29 is 14.1 Å². The number of carbonyl (C=O) groups is 1. The highest BCUT2D eigenvalue weighted by Crippen LogP contribution is 2.26. The Balaban J connectivity index is 1.32. The Hall–Kier alpha value is -3.54. The Morgan fingerprint density at radius 3 is 2.90 bits per heavy atom. The van der Waals surface area contributed by atoms with Gasteiger partial charge in [0.15, 0.2) is 0 Å². The fourth-order valence-electron chi connectivity index (χ4n) is 3.76. The summed E-state index contributed by atoms with van der Waals surface area (Å²) in [5.41, 5.74) is 4.31. The summed E-state index contributed by atoms with van der Waals surface area (Å²) in [6.45, 7) is 4.17. The average molecular weight is 418 g/mol. The third-order valence-corrected chi connectivity index (χ3v) is 5.48. The van der Waals surface area contributed by atoms with Crippen molar-refractivity contribution in [3.8, 4) is 5.75 Å². The number of benzene rings is 2. The second-order valence-corrected chi connectivity index (χ2v) is 7.82. The Bertz CT molecular complexity index is 1020. The zero-order chi connectivity index (χ0) is 21.5. The molecular formula is C25H27N3O3. The molecule has 1 fully saturated rings. The van der Waals surface area contributed by atoms with E-state index in [2.05, 4.69) is 47.7 Å². The third kappa shape index (κ3) is 5.75. The van der Waals surface area contributed by atoms with Gasteiger partial charge in [-0.05, 0) is 35.6 Å². The lowest BCUT2D eigenvalue weighted by molar-refractivity contribution is 0.198. The van der Waals surface area contributed by atoms with Gasteiger partial charge < -0.3 is 19.5 Å². The molecule has 2 heterocycles. The number of nitrogens with one attached hydrogen (secondary N) is 1. The van der Waals surface area contributed by atoms with Crippen molar-refractivity contribution in [2.75, 3.05) is 25.0 Å². The molecule has 2 aromatic carbocycles. The Morgan fingerprint density at radius 1 is 1.26 bits per heavy atom. The highest BCUT2D eigenvalue weighted by atomic mass is 16.5. The van der Waals surface area contributed by atoms with Crippen LogP contribution in [0.5, 0.6) is 5.75 Å². The van der Waals surface area contributed by atoms with Gasteiger partial charge in [-0.15, -0.1) is 0 Å². The molecule has 2 amide bonds. The first kappa shape index (κ1) is 20.7. The number of aromatic nitrogens is 1. The van der Waals surface area contributed by atoms with Crippen LogP contribution in [-0.2, 0) is 6.42 Å². The van der Waals surface area contributed by atoms with Gasteiger partial charge in [0, 0.05) is 19.5 Å². The van der Waals surface area contributed by atoms with Gasteiger partial charge in [-0.25, -0.2) is 4.79 Å². The van der Waals surface area contributed by atoms with E-state index in [4.69, 9.17) is 9.26 Å². The molecule has 0 bridgehead atoms. The van der Waals surface area contributed by atoms with Gasteiger partial charge >= 0.3 is 6.03 Å². The molecular weight excluding hydrogens is 390 g/mol. The fourth-order valence-corrected chi connectivity index (χ4v) is 3.76. The van der Waals surface area contributed by atoms with E-state index < -0.39 is 0 Å². The van der Waals surface area contributed by atoms with Gasteiger partial charge in [-0.1, -0.05) is 66.2 Å².